The number of imidazole rings is 1. The van der Waals surface area contributed by atoms with E-state index in [9.17, 15) is 4.79 Å². The summed E-state index contributed by atoms with van der Waals surface area (Å²) in [7, 11) is 0. The van der Waals surface area contributed by atoms with Crippen LogP contribution in [0.5, 0.6) is 0 Å². The van der Waals surface area contributed by atoms with Crippen LogP contribution in [0, 0.1) is 0 Å². The highest BCUT2D eigenvalue weighted by atomic mass is 16.6. The Balaban J connectivity index is 1.21. The summed E-state index contributed by atoms with van der Waals surface area (Å²) in [6, 6.07) is 20.9. The Morgan fingerprint density at radius 2 is 1.64 bits per heavy atom. The largest absolute Gasteiger partial charge is 0.463 e. The van der Waals surface area contributed by atoms with Crippen LogP contribution in [0.2, 0.25) is 0 Å². The summed E-state index contributed by atoms with van der Waals surface area (Å²) in [5.74, 6) is 0.535. The number of esters is 1. The van der Waals surface area contributed by atoms with Gasteiger partial charge in [0.25, 0.3) is 0 Å². The van der Waals surface area contributed by atoms with Crippen molar-refractivity contribution < 1.29 is 14.3 Å². The zero-order chi connectivity index (χ0) is 26.6. The number of nitrogens with zero attached hydrogens (tertiary/aromatic N) is 7. The van der Waals surface area contributed by atoms with E-state index in [4.69, 9.17) is 14.5 Å². The molecule has 2 atom stereocenters. The number of fused-ring (bicyclic) bond motifs is 1. The molecule has 10 nitrogen and oxygen atoms in total. The van der Waals surface area contributed by atoms with E-state index in [1.807, 2.05) is 28.8 Å². The van der Waals surface area contributed by atoms with Crippen LogP contribution in [0.15, 0.2) is 73.3 Å². The maximum Gasteiger partial charge on any atom is 0.302 e. The lowest BCUT2D eigenvalue weighted by atomic mass is 10.2. The molecular weight excluding hydrogens is 494 g/mol. The molecule has 10 heteroatoms. The second kappa shape index (κ2) is 11.4. The van der Waals surface area contributed by atoms with Gasteiger partial charge in [0.05, 0.1) is 6.33 Å². The lowest BCUT2D eigenvalue weighted by Gasteiger charge is -2.38. The standard InChI is InChI=1S/C29H33N7O3/c1-22(37)38-19-25-17-33(16-23-8-4-2-5-9-23)18-26(39-25)36-21-32-27-28(30-20-31-29(27)36)35-14-12-34(13-15-35)24-10-6-3-7-11-24/h2-11,20-21,25-26H,12-19H2,1H3/t25-,26+/m0/s1. The predicted molar refractivity (Wildman–Crippen MR) is 148 cm³/mol. The van der Waals surface area contributed by atoms with Crippen molar-refractivity contribution in [1.82, 2.24) is 24.4 Å². The number of ether oxygens (including phenoxy) is 2. The Hall–Kier alpha value is -4.02. The van der Waals surface area contributed by atoms with Gasteiger partial charge in [-0.15, -0.1) is 0 Å². The number of aromatic nitrogens is 4. The molecule has 4 heterocycles. The van der Waals surface area contributed by atoms with Crippen molar-refractivity contribution in [3.8, 4) is 0 Å². The number of para-hydroxylation sites is 1. The van der Waals surface area contributed by atoms with Gasteiger partial charge in [-0.25, -0.2) is 15.0 Å². The number of piperazine rings is 1. The Morgan fingerprint density at radius 3 is 2.38 bits per heavy atom. The van der Waals surface area contributed by atoms with Crippen LogP contribution < -0.4 is 9.80 Å². The number of benzene rings is 2. The fourth-order valence-corrected chi connectivity index (χ4v) is 5.42. The van der Waals surface area contributed by atoms with Gasteiger partial charge in [0, 0.05) is 58.4 Å². The van der Waals surface area contributed by atoms with Crippen molar-refractivity contribution in [3.63, 3.8) is 0 Å². The van der Waals surface area contributed by atoms with Gasteiger partial charge in [-0.05, 0) is 17.7 Å². The first-order valence-electron chi connectivity index (χ1n) is 13.4. The van der Waals surface area contributed by atoms with E-state index < -0.39 is 0 Å². The number of rotatable bonds is 7. The van der Waals surface area contributed by atoms with Gasteiger partial charge < -0.3 is 19.3 Å². The molecule has 0 radical (unpaired) electrons. The minimum Gasteiger partial charge on any atom is -0.463 e. The molecule has 0 amide bonds. The molecule has 202 valence electrons. The maximum absolute atomic E-state index is 11.5. The molecule has 4 aromatic rings. The van der Waals surface area contributed by atoms with Crippen LogP contribution in [-0.2, 0) is 20.8 Å². The Kier molecular flexibility index (Phi) is 7.38. The maximum atomic E-state index is 11.5. The molecule has 0 bridgehead atoms. The van der Waals surface area contributed by atoms with Gasteiger partial charge >= 0.3 is 5.97 Å². The summed E-state index contributed by atoms with van der Waals surface area (Å²) < 4.78 is 13.7. The average molecular weight is 528 g/mol. The molecule has 2 aromatic heterocycles. The normalized spacial score (nSPS) is 20.3. The van der Waals surface area contributed by atoms with Gasteiger partial charge in [0.2, 0.25) is 0 Å². The third kappa shape index (κ3) is 5.71. The Bertz CT molecular complexity index is 1390. The molecule has 2 fully saturated rings. The number of hydrogen-bond donors (Lipinski definition) is 0. The Morgan fingerprint density at radius 1 is 0.923 bits per heavy atom. The first kappa shape index (κ1) is 25.3. The van der Waals surface area contributed by atoms with Crippen LogP contribution in [0.1, 0.15) is 18.7 Å². The van der Waals surface area contributed by atoms with Crippen LogP contribution in [-0.4, -0.2) is 82.4 Å². The first-order valence-corrected chi connectivity index (χ1v) is 13.4. The number of morpholine rings is 1. The van der Waals surface area contributed by atoms with E-state index in [2.05, 4.69) is 61.1 Å². The molecule has 0 spiro atoms. The van der Waals surface area contributed by atoms with E-state index in [0.29, 0.717) is 13.1 Å². The summed E-state index contributed by atoms with van der Waals surface area (Å²) in [6.45, 7) is 7.24. The van der Waals surface area contributed by atoms with E-state index in [1.165, 1.54) is 18.2 Å². The summed E-state index contributed by atoms with van der Waals surface area (Å²) in [4.78, 5) is 32.5. The summed E-state index contributed by atoms with van der Waals surface area (Å²) in [6.07, 6.45) is 2.81. The first-order chi connectivity index (χ1) is 19.1. The summed E-state index contributed by atoms with van der Waals surface area (Å²) in [5.41, 5.74) is 3.97. The second-order valence-electron chi connectivity index (χ2n) is 10.0. The van der Waals surface area contributed by atoms with Crippen molar-refractivity contribution in [1.29, 1.82) is 0 Å². The predicted octanol–water partition coefficient (Wildman–Crippen LogP) is 3.12. The highest BCUT2D eigenvalue weighted by Crippen LogP contribution is 2.29. The monoisotopic (exact) mass is 527 g/mol. The lowest BCUT2D eigenvalue weighted by Crippen LogP contribution is -2.47. The lowest BCUT2D eigenvalue weighted by molar-refractivity contribution is -0.162. The molecule has 6 rings (SSSR count). The van der Waals surface area contributed by atoms with E-state index >= 15 is 0 Å². The molecule has 2 aliphatic rings. The van der Waals surface area contributed by atoms with Gasteiger partial charge in [0.15, 0.2) is 17.0 Å². The van der Waals surface area contributed by atoms with E-state index in [1.54, 1.807) is 12.7 Å². The van der Waals surface area contributed by atoms with Crippen LogP contribution in [0.3, 0.4) is 0 Å². The molecule has 0 unspecified atom stereocenters. The third-order valence-corrected chi connectivity index (χ3v) is 7.30. The fourth-order valence-electron chi connectivity index (χ4n) is 5.42. The van der Waals surface area contributed by atoms with E-state index in [0.717, 1.165) is 49.7 Å². The van der Waals surface area contributed by atoms with Crippen LogP contribution >= 0.6 is 0 Å². The minimum absolute atomic E-state index is 0.204. The SMILES string of the molecule is CC(=O)OC[C@@H]1CN(Cc2ccccc2)C[C@H](n2cnc3c(N4CCN(c5ccccc5)CC4)ncnc32)O1. The third-order valence-electron chi connectivity index (χ3n) is 7.30. The Labute approximate surface area is 227 Å². The molecule has 2 aliphatic heterocycles. The molecule has 0 saturated carbocycles. The highest BCUT2D eigenvalue weighted by Gasteiger charge is 2.32. The summed E-state index contributed by atoms with van der Waals surface area (Å²) >= 11 is 0. The van der Waals surface area contributed by atoms with Crippen molar-refractivity contribution in [2.24, 2.45) is 0 Å². The van der Waals surface area contributed by atoms with Crippen molar-refractivity contribution in [2.45, 2.75) is 25.8 Å². The molecular formula is C29H33N7O3. The second-order valence-corrected chi connectivity index (χ2v) is 10.0. The topological polar surface area (TPSA) is 88.9 Å². The van der Waals surface area contributed by atoms with Gasteiger partial charge in [-0.2, -0.15) is 0 Å². The number of carbonyl (C=O) groups is 1. The van der Waals surface area contributed by atoms with Gasteiger partial charge in [-0.3, -0.25) is 14.3 Å². The average Bonchev–Trinajstić information content (AvgIpc) is 3.42. The number of anilines is 2. The van der Waals surface area contributed by atoms with Crippen LogP contribution in [0.4, 0.5) is 11.5 Å². The zero-order valence-electron chi connectivity index (χ0n) is 22.1. The fraction of sp³-hybridized carbons (Fsp3) is 0.379. The van der Waals surface area contributed by atoms with Crippen molar-refractivity contribution in [3.05, 3.63) is 78.9 Å². The number of hydrogen-bond acceptors (Lipinski definition) is 9. The zero-order valence-corrected chi connectivity index (χ0v) is 22.1. The number of carbonyl (C=O) groups excluding carboxylic acids is 1. The van der Waals surface area contributed by atoms with Gasteiger partial charge in [0.1, 0.15) is 25.3 Å². The van der Waals surface area contributed by atoms with Crippen molar-refractivity contribution in [2.75, 3.05) is 55.7 Å². The molecule has 0 aliphatic carbocycles. The van der Waals surface area contributed by atoms with E-state index in [-0.39, 0.29) is 24.9 Å². The molecule has 0 N–H and O–H groups in total. The summed E-state index contributed by atoms with van der Waals surface area (Å²) in [5, 5.41) is 0. The molecule has 2 saturated heterocycles. The van der Waals surface area contributed by atoms with Crippen LogP contribution in [0.25, 0.3) is 11.2 Å². The highest BCUT2D eigenvalue weighted by molar-refractivity contribution is 5.83. The minimum atomic E-state index is -0.328. The molecule has 2 aromatic carbocycles. The van der Waals surface area contributed by atoms with Crippen molar-refractivity contribution >= 4 is 28.6 Å². The van der Waals surface area contributed by atoms with Gasteiger partial charge in [-0.1, -0.05) is 48.5 Å². The quantitative estimate of drug-likeness (QED) is 0.336. The molecule has 39 heavy (non-hydrogen) atoms. The smallest absolute Gasteiger partial charge is 0.302 e.